The van der Waals surface area contributed by atoms with E-state index in [0.717, 1.165) is 24.7 Å². The van der Waals surface area contributed by atoms with Crippen molar-refractivity contribution in [3.05, 3.63) is 24.2 Å². The first-order valence-electron chi connectivity index (χ1n) is 6.74. The molecule has 1 fully saturated rings. The lowest BCUT2D eigenvalue weighted by Gasteiger charge is -2.32. The van der Waals surface area contributed by atoms with Crippen LogP contribution >= 0.6 is 0 Å². The maximum atomic E-state index is 4.97. The summed E-state index contributed by atoms with van der Waals surface area (Å²) in [4.78, 5) is 11.0. The van der Waals surface area contributed by atoms with Gasteiger partial charge in [-0.15, -0.1) is 0 Å². The van der Waals surface area contributed by atoms with Gasteiger partial charge in [0.05, 0.1) is 11.9 Å². The molecule has 0 radical (unpaired) electrons. The molecule has 100 valence electrons. The average Bonchev–Trinajstić information content (AvgIpc) is 2.86. The van der Waals surface area contributed by atoms with Crippen LogP contribution in [0.2, 0.25) is 0 Å². The summed E-state index contributed by atoms with van der Waals surface area (Å²) < 4.78 is 4.97. The molecule has 0 aromatic carbocycles. The van der Waals surface area contributed by atoms with E-state index in [4.69, 9.17) is 4.52 Å². The van der Waals surface area contributed by atoms with Crippen LogP contribution in [0.1, 0.15) is 25.7 Å². The predicted molar refractivity (Wildman–Crippen MR) is 72.9 cm³/mol. The molecule has 19 heavy (non-hydrogen) atoms. The Bertz CT molecular complexity index is 549. The maximum absolute atomic E-state index is 4.97. The van der Waals surface area contributed by atoms with Crippen LogP contribution < -0.4 is 4.90 Å². The monoisotopic (exact) mass is 258 g/mol. The molecule has 2 aromatic heterocycles. The molecule has 0 aliphatic carbocycles. The van der Waals surface area contributed by atoms with Gasteiger partial charge in [-0.2, -0.15) is 4.98 Å². The quantitative estimate of drug-likeness (QED) is 0.829. The van der Waals surface area contributed by atoms with E-state index < -0.39 is 0 Å². The van der Waals surface area contributed by atoms with Crippen LogP contribution in [0, 0.1) is 12.8 Å². The zero-order chi connectivity index (χ0) is 13.2. The van der Waals surface area contributed by atoms with Gasteiger partial charge in [-0.05, 0) is 30.9 Å². The molecule has 0 amide bonds. The highest BCUT2D eigenvalue weighted by Crippen LogP contribution is 2.23. The second-order valence-corrected chi connectivity index (χ2v) is 5.23. The fraction of sp³-hybridized carbons (Fsp3) is 0.500. The first-order valence-corrected chi connectivity index (χ1v) is 6.74. The van der Waals surface area contributed by atoms with Gasteiger partial charge in [0, 0.05) is 20.0 Å². The number of hydrogen-bond donors (Lipinski definition) is 0. The van der Waals surface area contributed by atoms with Crippen LogP contribution in [0.15, 0.2) is 22.9 Å². The molecule has 3 rings (SSSR count). The molecule has 5 nitrogen and oxygen atoms in total. The lowest BCUT2D eigenvalue weighted by molar-refractivity contribution is 0.394. The van der Waals surface area contributed by atoms with Crippen LogP contribution in [-0.2, 0) is 0 Å². The van der Waals surface area contributed by atoms with Crippen molar-refractivity contribution in [1.29, 1.82) is 0 Å². The molecular formula is C14H18N4O. The Labute approximate surface area is 112 Å². The third-order valence-corrected chi connectivity index (χ3v) is 3.53. The number of nitrogens with zero attached hydrogens (tertiary/aromatic N) is 4. The van der Waals surface area contributed by atoms with Crippen LogP contribution in [-0.4, -0.2) is 28.2 Å². The summed E-state index contributed by atoms with van der Waals surface area (Å²) in [5.74, 6) is 1.87. The van der Waals surface area contributed by atoms with Crippen molar-refractivity contribution in [1.82, 2.24) is 15.1 Å². The standard InChI is InChI=1S/C14H18N4O/c1-10-4-3-7-18(9-10)12-5-6-13(15-8-12)14-16-11(2)19-17-14/h5-6,8,10H,3-4,7,9H2,1-2H3/t10-/m1/s1. The fourth-order valence-corrected chi connectivity index (χ4v) is 2.53. The summed E-state index contributed by atoms with van der Waals surface area (Å²) >= 11 is 0. The molecular weight excluding hydrogens is 240 g/mol. The number of aryl methyl sites for hydroxylation is 1. The molecule has 2 aromatic rings. The van der Waals surface area contributed by atoms with E-state index >= 15 is 0 Å². The van der Waals surface area contributed by atoms with Crippen molar-refractivity contribution in [2.45, 2.75) is 26.7 Å². The number of pyridine rings is 1. The lowest BCUT2D eigenvalue weighted by atomic mass is 10.00. The first-order chi connectivity index (χ1) is 9.22. The topological polar surface area (TPSA) is 55.1 Å². The van der Waals surface area contributed by atoms with Crippen molar-refractivity contribution in [2.24, 2.45) is 5.92 Å². The molecule has 1 atom stereocenters. The van der Waals surface area contributed by atoms with E-state index in [1.807, 2.05) is 12.3 Å². The highest BCUT2D eigenvalue weighted by Gasteiger charge is 2.17. The molecule has 0 bridgehead atoms. The molecule has 0 N–H and O–H groups in total. The number of anilines is 1. The first kappa shape index (κ1) is 12.1. The van der Waals surface area contributed by atoms with E-state index in [1.165, 1.54) is 18.5 Å². The number of hydrogen-bond acceptors (Lipinski definition) is 5. The zero-order valence-electron chi connectivity index (χ0n) is 11.3. The van der Waals surface area contributed by atoms with Crippen molar-refractivity contribution in [2.75, 3.05) is 18.0 Å². The van der Waals surface area contributed by atoms with E-state index in [2.05, 4.69) is 33.0 Å². The van der Waals surface area contributed by atoms with Crippen LogP contribution in [0.4, 0.5) is 5.69 Å². The van der Waals surface area contributed by atoms with Crippen LogP contribution in [0.3, 0.4) is 0 Å². The minimum absolute atomic E-state index is 0.552. The number of rotatable bonds is 2. The highest BCUT2D eigenvalue weighted by atomic mass is 16.5. The van der Waals surface area contributed by atoms with Gasteiger partial charge in [0.15, 0.2) is 0 Å². The Balaban J connectivity index is 1.78. The summed E-state index contributed by atoms with van der Waals surface area (Å²) in [5.41, 5.74) is 1.93. The maximum Gasteiger partial charge on any atom is 0.223 e. The van der Waals surface area contributed by atoms with Crippen LogP contribution in [0.25, 0.3) is 11.5 Å². The highest BCUT2D eigenvalue weighted by molar-refractivity contribution is 5.54. The fourth-order valence-electron chi connectivity index (χ4n) is 2.53. The van der Waals surface area contributed by atoms with Gasteiger partial charge in [-0.25, -0.2) is 0 Å². The minimum atomic E-state index is 0.552. The van der Waals surface area contributed by atoms with Crippen LogP contribution in [0.5, 0.6) is 0 Å². The number of aromatic nitrogens is 3. The van der Waals surface area contributed by atoms with Gasteiger partial charge < -0.3 is 9.42 Å². The van der Waals surface area contributed by atoms with E-state index in [1.54, 1.807) is 6.92 Å². The molecule has 0 unspecified atom stereocenters. The second-order valence-electron chi connectivity index (χ2n) is 5.23. The smallest absolute Gasteiger partial charge is 0.223 e. The van der Waals surface area contributed by atoms with Gasteiger partial charge in [-0.3, -0.25) is 4.98 Å². The molecule has 0 spiro atoms. The van der Waals surface area contributed by atoms with E-state index in [9.17, 15) is 0 Å². The Hall–Kier alpha value is -1.91. The van der Waals surface area contributed by atoms with Gasteiger partial charge in [0.1, 0.15) is 5.69 Å². The van der Waals surface area contributed by atoms with Crippen molar-refractivity contribution < 1.29 is 4.52 Å². The Morgan fingerprint density at radius 2 is 2.26 bits per heavy atom. The number of piperidine rings is 1. The van der Waals surface area contributed by atoms with Gasteiger partial charge in [0.25, 0.3) is 0 Å². The SMILES string of the molecule is Cc1nc(-c2ccc(N3CCC[C@@H](C)C3)cn2)no1. The molecule has 0 saturated carbocycles. The molecule has 1 aliphatic rings. The Morgan fingerprint density at radius 1 is 1.37 bits per heavy atom. The Kier molecular flexibility index (Phi) is 3.19. The van der Waals surface area contributed by atoms with E-state index in [0.29, 0.717) is 11.7 Å². The predicted octanol–water partition coefficient (Wildman–Crippen LogP) is 2.68. The normalized spacial score (nSPS) is 19.7. The van der Waals surface area contributed by atoms with Crippen molar-refractivity contribution in [3.63, 3.8) is 0 Å². The largest absolute Gasteiger partial charge is 0.370 e. The molecule has 3 heterocycles. The molecule has 1 aliphatic heterocycles. The summed E-state index contributed by atoms with van der Waals surface area (Å²) in [6, 6.07) is 4.05. The summed E-state index contributed by atoms with van der Waals surface area (Å²) in [6.45, 7) is 6.31. The molecule has 5 heteroatoms. The lowest BCUT2D eigenvalue weighted by Crippen LogP contribution is -2.34. The minimum Gasteiger partial charge on any atom is -0.370 e. The summed E-state index contributed by atoms with van der Waals surface area (Å²) in [7, 11) is 0. The van der Waals surface area contributed by atoms with Gasteiger partial charge >= 0.3 is 0 Å². The summed E-state index contributed by atoms with van der Waals surface area (Å²) in [5, 5.41) is 3.88. The van der Waals surface area contributed by atoms with Crippen molar-refractivity contribution in [3.8, 4) is 11.5 Å². The van der Waals surface area contributed by atoms with E-state index in [-0.39, 0.29) is 0 Å². The zero-order valence-corrected chi connectivity index (χ0v) is 11.3. The van der Waals surface area contributed by atoms with Gasteiger partial charge in [-0.1, -0.05) is 12.1 Å². The second kappa shape index (κ2) is 4.99. The third kappa shape index (κ3) is 2.59. The Morgan fingerprint density at radius 3 is 2.89 bits per heavy atom. The third-order valence-electron chi connectivity index (χ3n) is 3.53. The average molecular weight is 258 g/mol. The van der Waals surface area contributed by atoms with Crippen molar-refractivity contribution >= 4 is 5.69 Å². The van der Waals surface area contributed by atoms with Gasteiger partial charge in [0.2, 0.25) is 11.7 Å². The molecule has 1 saturated heterocycles. The summed E-state index contributed by atoms with van der Waals surface area (Å²) in [6.07, 6.45) is 4.48.